The summed E-state index contributed by atoms with van der Waals surface area (Å²) in [5, 5.41) is 3.28. The number of nitrogens with one attached hydrogen (secondary N) is 1. The molecule has 0 unspecified atom stereocenters. The smallest absolute Gasteiger partial charge is 0.138 e. The van der Waals surface area contributed by atoms with E-state index in [9.17, 15) is 0 Å². The molecule has 2 rings (SSSR count). The van der Waals surface area contributed by atoms with Crippen molar-refractivity contribution in [2.24, 2.45) is 0 Å². The number of rotatable bonds is 6. The summed E-state index contributed by atoms with van der Waals surface area (Å²) in [5.74, 6) is 1.66. The molecule has 0 aliphatic heterocycles. The molecule has 4 heteroatoms. The van der Waals surface area contributed by atoms with Gasteiger partial charge in [-0.2, -0.15) is 0 Å². The monoisotopic (exact) mass is 257 g/mol. The molecule has 0 aliphatic carbocycles. The van der Waals surface area contributed by atoms with Crippen molar-refractivity contribution in [3.8, 4) is 17.0 Å². The molecule has 0 spiro atoms. The van der Waals surface area contributed by atoms with E-state index in [1.54, 1.807) is 12.4 Å². The zero-order chi connectivity index (χ0) is 13.5. The number of hydrogen-bond acceptors (Lipinski definition) is 4. The van der Waals surface area contributed by atoms with Crippen molar-refractivity contribution in [2.45, 2.75) is 20.3 Å². The molecule has 0 amide bonds. The lowest BCUT2D eigenvalue weighted by atomic mass is 10.2. The van der Waals surface area contributed by atoms with Crippen LogP contribution in [0.25, 0.3) is 11.3 Å². The summed E-state index contributed by atoms with van der Waals surface area (Å²) in [5.41, 5.74) is 1.86. The summed E-state index contributed by atoms with van der Waals surface area (Å²) in [4.78, 5) is 8.76. The Bertz CT molecular complexity index is 528. The highest BCUT2D eigenvalue weighted by molar-refractivity contribution is 5.61. The summed E-state index contributed by atoms with van der Waals surface area (Å²) in [7, 11) is 0. The molecule has 19 heavy (non-hydrogen) atoms. The predicted octanol–water partition coefficient (Wildman–Crippen LogP) is 3.36. The minimum Gasteiger partial charge on any atom is -0.492 e. The summed E-state index contributed by atoms with van der Waals surface area (Å²) < 4.78 is 5.46. The molecule has 0 bridgehead atoms. The highest BCUT2D eigenvalue weighted by Gasteiger charge is 2.03. The van der Waals surface area contributed by atoms with Crippen molar-refractivity contribution >= 4 is 5.82 Å². The second kappa shape index (κ2) is 6.73. The zero-order valence-corrected chi connectivity index (χ0v) is 11.4. The van der Waals surface area contributed by atoms with Crippen molar-refractivity contribution in [3.63, 3.8) is 0 Å². The first kappa shape index (κ1) is 13.3. The Hall–Kier alpha value is -2.10. The van der Waals surface area contributed by atoms with Gasteiger partial charge < -0.3 is 10.1 Å². The van der Waals surface area contributed by atoms with Gasteiger partial charge in [0.15, 0.2) is 0 Å². The Balaban J connectivity index is 2.23. The summed E-state index contributed by atoms with van der Waals surface area (Å²) in [6.07, 6.45) is 4.59. The van der Waals surface area contributed by atoms with Gasteiger partial charge in [0, 0.05) is 18.3 Å². The van der Waals surface area contributed by atoms with E-state index in [0.717, 1.165) is 35.8 Å². The molecule has 0 radical (unpaired) electrons. The fraction of sp³-hybridized carbons (Fsp3) is 0.333. The van der Waals surface area contributed by atoms with Crippen LogP contribution in [0, 0.1) is 0 Å². The average Bonchev–Trinajstić information content (AvgIpc) is 2.46. The third-order valence-electron chi connectivity index (χ3n) is 2.63. The van der Waals surface area contributed by atoms with E-state index < -0.39 is 0 Å². The van der Waals surface area contributed by atoms with Crippen LogP contribution in [-0.2, 0) is 0 Å². The lowest BCUT2D eigenvalue weighted by Gasteiger charge is -2.08. The highest BCUT2D eigenvalue weighted by Crippen LogP contribution is 2.22. The summed E-state index contributed by atoms with van der Waals surface area (Å²) in [6.45, 7) is 5.65. The van der Waals surface area contributed by atoms with Crippen LogP contribution < -0.4 is 10.1 Å². The van der Waals surface area contributed by atoms with Crippen LogP contribution in [0.1, 0.15) is 20.3 Å². The van der Waals surface area contributed by atoms with E-state index in [1.165, 1.54) is 0 Å². The molecule has 1 N–H and O–H groups in total. The van der Waals surface area contributed by atoms with Crippen molar-refractivity contribution in [1.29, 1.82) is 0 Å². The first-order valence-electron chi connectivity index (χ1n) is 6.62. The second-order valence-electron chi connectivity index (χ2n) is 4.18. The number of ether oxygens (including phenoxy) is 1. The van der Waals surface area contributed by atoms with E-state index in [-0.39, 0.29) is 0 Å². The third-order valence-corrected chi connectivity index (χ3v) is 2.63. The van der Waals surface area contributed by atoms with Crippen molar-refractivity contribution in [3.05, 3.63) is 36.7 Å². The predicted molar refractivity (Wildman–Crippen MR) is 77.4 cm³/mol. The van der Waals surface area contributed by atoms with E-state index in [2.05, 4.69) is 22.2 Å². The molecular formula is C15H19N3O. The lowest BCUT2D eigenvalue weighted by molar-refractivity contribution is 0.339. The molecular weight excluding hydrogens is 238 g/mol. The minimum absolute atomic E-state index is 0.636. The Morgan fingerprint density at radius 3 is 2.89 bits per heavy atom. The quantitative estimate of drug-likeness (QED) is 0.862. The van der Waals surface area contributed by atoms with Crippen LogP contribution in [0.15, 0.2) is 36.7 Å². The molecule has 0 aromatic carbocycles. The van der Waals surface area contributed by atoms with Gasteiger partial charge in [0.25, 0.3) is 0 Å². The number of pyridine rings is 2. The zero-order valence-electron chi connectivity index (χ0n) is 11.4. The van der Waals surface area contributed by atoms with Gasteiger partial charge in [0.2, 0.25) is 0 Å². The molecule has 2 heterocycles. The summed E-state index contributed by atoms with van der Waals surface area (Å²) in [6, 6.07) is 7.90. The largest absolute Gasteiger partial charge is 0.492 e. The van der Waals surface area contributed by atoms with Crippen LogP contribution in [0.4, 0.5) is 5.82 Å². The van der Waals surface area contributed by atoms with Crippen molar-refractivity contribution in [2.75, 3.05) is 18.5 Å². The number of nitrogens with zero attached hydrogens (tertiary/aromatic N) is 2. The van der Waals surface area contributed by atoms with Crippen LogP contribution in [-0.4, -0.2) is 23.1 Å². The lowest BCUT2D eigenvalue weighted by Crippen LogP contribution is -2.02. The number of aromatic nitrogens is 2. The van der Waals surface area contributed by atoms with Crippen LogP contribution in [0.5, 0.6) is 5.75 Å². The van der Waals surface area contributed by atoms with Crippen LogP contribution in [0.3, 0.4) is 0 Å². The first-order valence-corrected chi connectivity index (χ1v) is 6.62. The van der Waals surface area contributed by atoms with E-state index in [1.807, 2.05) is 31.2 Å². The molecule has 0 saturated carbocycles. The van der Waals surface area contributed by atoms with Gasteiger partial charge in [0.05, 0.1) is 18.5 Å². The topological polar surface area (TPSA) is 47.0 Å². The Morgan fingerprint density at radius 1 is 1.21 bits per heavy atom. The molecule has 2 aromatic heterocycles. The van der Waals surface area contributed by atoms with Crippen LogP contribution in [0.2, 0.25) is 0 Å². The molecule has 100 valence electrons. The van der Waals surface area contributed by atoms with E-state index >= 15 is 0 Å². The van der Waals surface area contributed by atoms with Gasteiger partial charge in [-0.15, -0.1) is 0 Å². The highest BCUT2D eigenvalue weighted by atomic mass is 16.5. The molecule has 0 atom stereocenters. The van der Waals surface area contributed by atoms with Crippen molar-refractivity contribution in [1.82, 2.24) is 9.97 Å². The Morgan fingerprint density at radius 2 is 2.11 bits per heavy atom. The Labute approximate surface area is 113 Å². The maximum absolute atomic E-state index is 5.46. The third kappa shape index (κ3) is 3.68. The number of anilines is 1. The summed E-state index contributed by atoms with van der Waals surface area (Å²) >= 11 is 0. The fourth-order valence-corrected chi connectivity index (χ4v) is 1.75. The van der Waals surface area contributed by atoms with Gasteiger partial charge in [-0.3, -0.25) is 4.98 Å². The van der Waals surface area contributed by atoms with Gasteiger partial charge in [0.1, 0.15) is 11.6 Å². The normalized spacial score (nSPS) is 10.2. The van der Waals surface area contributed by atoms with Gasteiger partial charge in [-0.1, -0.05) is 13.0 Å². The maximum atomic E-state index is 5.46. The van der Waals surface area contributed by atoms with Gasteiger partial charge >= 0.3 is 0 Å². The molecule has 0 aliphatic rings. The number of hydrogen-bond donors (Lipinski definition) is 1. The molecule has 0 saturated heterocycles. The standard InChI is InChI=1S/C15H19N3O/c1-3-8-17-15-7-5-6-14(18-15)12-9-13(19-4-2)11-16-10-12/h5-7,9-11H,3-4,8H2,1-2H3,(H,17,18). The second-order valence-corrected chi connectivity index (χ2v) is 4.18. The van der Waals surface area contributed by atoms with Gasteiger partial charge in [-0.05, 0) is 31.5 Å². The van der Waals surface area contributed by atoms with E-state index in [4.69, 9.17) is 4.74 Å². The molecule has 2 aromatic rings. The van der Waals surface area contributed by atoms with Gasteiger partial charge in [-0.25, -0.2) is 4.98 Å². The maximum Gasteiger partial charge on any atom is 0.138 e. The molecule has 4 nitrogen and oxygen atoms in total. The SMILES string of the molecule is CCCNc1cccc(-c2cncc(OCC)c2)n1. The van der Waals surface area contributed by atoms with Crippen molar-refractivity contribution < 1.29 is 4.74 Å². The average molecular weight is 257 g/mol. The fourth-order valence-electron chi connectivity index (χ4n) is 1.75. The Kier molecular flexibility index (Phi) is 4.72. The van der Waals surface area contributed by atoms with E-state index in [0.29, 0.717) is 6.61 Å². The first-order chi connectivity index (χ1) is 9.33. The van der Waals surface area contributed by atoms with Crippen LogP contribution >= 0.6 is 0 Å². The molecule has 0 fully saturated rings. The minimum atomic E-state index is 0.636.